The van der Waals surface area contributed by atoms with Crippen molar-refractivity contribution >= 4 is 34.6 Å². The number of para-hydroxylation sites is 1. The van der Waals surface area contributed by atoms with E-state index in [-0.39, 0.29) is 17.5 Å². The molecule has 2 aromatic carbocycles. The van der Waals surface area contributed by atoms with E-state index in [1.165, 1.54) is 0 Å². The molecule has 30 heavy (non-hydrogen) atoms. The monoisotopic (exact) mass is 421 g/mol. The van der Waals surface area contributed by atoms with Crippen LogP contribution in [0.4, 0.5) is 11.4 Å². The summed E-state index contributed by atoms with van der Waals surface area (Å²) in [5.41, 5.74) is 5.08. The quantitative estimate of drug-likeness (QED) is 0.584. The third-order valence-electron chi connectivity index (χ3n) is 4.88. The Hall–Kier alpha value is -3.38. The number of carbonyl (C=O) groups is 1. The SMILES string of the molecule is CC1C/C(=N\Nc2ccccc2Cl)c2cc(NC(=O)c3ccccc3)c(=O)oc2C1. The van der Waals surface area contributed by atoms with Crippen molar-refractivity contribution in [2.24, 2.45) is 11.0 Å². The van der Waals surface area contributed by atoms with E-state index in [0.29, 0.717) is 40.4 Å². The zero-order valence-electron chi connectivity index (χ0n) is 16.3. The van der Waals surface area contributed by atoms with Crippen LogP contribution in [0.3, 0.4) is 0 Å². The molecular formula is C23H20ClN3O3. The minimum atomic E-state index is -0.578. The number of carbonyl (C=O) groups excluding carboxylic acids is 1. The van der Waals surface area contributed by atoms with Crippen LogP contribution in [0.5, 0.6) is 0 Å². The van der Waals surface area contributed by atoms with Crippen LogP contribution in [0.25, 0.3) is 0 Å². The fourth-order valence-corrected chi connectivity index (χ4v) is 3.56. The number of hydrogen-bond acceptors (Lipinski definition) is 5. The van der Waals surface area contributed by atoms with Gasteiger partial charge in [-0.3, -0.25) is 10.2 Å². The van der Waals surface area contributed by atoms with Gasteiger partial charge in [0.05, 0.1) is 16.4 Å². The topological polar surface area (TPSA) is 83.7 Å². The average Bonchev–Trinajstić information content (AvgIpc) is 2.74. The van der Waals surface area contributed by atoms with E-state index in [0.717, 1.165) is 5.71 Å². The normalized spacial score (nSPS) is 16.7. The van der Waals surface area contributed by atoms with Crippen molar-refractivity contribution < 1.29 is 9.21 Å². The van der Waals surface area contributed by atoms with Gasteiger partial charge in [0, 0.05) is 17.5 Å². The highest BCUT2D eigenvalue weighted by Crippen LogP contribution is 2.28. The number of nitrogens with one attached hydrogen (secondary N) is 2. The van der Waals surface area contributed by atoms with Gasteiger partial charge in [0.1, 0.15) is 11.4 Å². The van der Waals surface area contributed by atoms with Gasteiger partial charge in [0.25, 0.3) is 5.91 Å². The number of fused-ring (bicyclic) bond motifs is 1. The van der Waals surface area contributed by atoms with Gasteiger partial charge in [-0.2, -0.15) is 5.10 Å². The fourth-order valence-electron chi connectivity index (χ4n) is 3.39. The molecule has 152 valence electrons. The molecule has 0 aliphatic heterocycles. The first-order chi connectivity index (χ1) is 14.5. The lowest BCUT2D eigenvalue weighted by Crippen LogP contribution is -2.25. The Bertz CT molecular complexity index is 1170. The molecule has 1 unspecified atom stereocenters. The third kappa shape index (κ3) is 4.28. The van der Waals surface area contributed by atoms with Gasteiger partial charge in [0.15, 0.2) is 0 Å². The standard InChI is InChI=1S/C23H20ClN3O3/c1-14-11-19(27-26-18-10-6-5-9-17(18)24)16-13-20(23(29)30-21(16)12-14)25-22(28)15-7-3-2-4-8-15/h2-10,13-14,26H,11-12H2,1H3,(H,25,28)/b27-19+. The molecule has 2 N–H and O–H groups in total. The van der Waals surface area contributed by atoms with Gasteiger partial charge < -0.3 is 9.73 Å². The molecule has 1 atom stereocenters. The first-order valence-corrected chi connectivity index (χ1v) is 10.00. The maximum atomic E-state index is 12.5. The number of hydrogen-bond donors (Lipinski definition) is 2. The highest BCUT2D eigenvalue weighted by molar-refractivity contribution is 6.33. The van der Waals surface area contributed by atoms with Crippen LogP contribution in [0, 0.1) is 5.92 Å². The molecule has 0 spiro atoms. The second-order valence-electron chi connectivity index (χ2n) is 7.27. The summed E-state index contributed by atoms with van der Waals surface area (Å²) < 4.78 is 5.54. The van der Waals surface area contributed by atoms with Crippen molar-refractivity contribution in [2.75, 3.05) is 10.7 Å². The number of amides is 1. The maximum Gasteiger partial charge on any atom is 0.359 e. The summed E-state index contributed by atoms with van der Waals surface area (Å²) >= 11 is 6.19. The highest BCUT2D eigenvalue weighted by atomic mass is 35.5. The zero-order valence-corrected chi connectivity index (χ0v) is 17.1. The van der Waals surface area contributed by atoms with Crippen LogP contribution in [0.2, 0.25) is 5.02 Å². The smallest absolute Gasteiger partial charge is 0.359 e. The molecule has 4 rings (SSSR count). The van der Waals surface area contributed by atoms with Crippen molar-refractivity contribution in [3.63, 3.8) is 0 Å². The Labute approximate surface area is 178 Å². The average molecular weight is 422 g/mol. The first-order valence-electron chi connectivity index (χ1n) is 9.62. The number of hydrazone groups is 1. The van der Waals surface area contributed by atoms with E-state index >= 15 is 0 Å². The van der Waals surface area contributed by atoms with E-state index in [4.69, 9.17) is 16.0 Å². The lowest BCUT2D eigenvalue weighted by molar-refractivity contribution is 0.102. The summed E-state index contributed by atoms with van der Waals surface area (Å²) in [6.45, 7) is 2.07. The van der Waals surface area contributed by atoms with Crippen LogP contribution in [-0.2, 0) is 6.42 Å². The summed E-state index contributed by atoms with van der Waals surface area (Å²) in [4.78, 5) is 24.9. The highest BCUT2D eigenvalue weighted by Gasteiger charge is 2.25. The second-order valence-corrected chi connectivity index (χ2v) is 7.68. The Kier molecular flexibility index (Phi) is 5.68. The Balaban J connectivity index is 1.66. The van der Waals surface area contributed by atoms with E-state index in [1.807, 2.05) is 24.3 Å². The molecule has 1 heterocycles. The minimum absolute atomic E-state index is 0.0857. The molecule has 0 radical (unpaired) electrons. The molecule has 1 amide bonds. The Morgan fingerprint density at radius 2 is 1.80 bits per heavy atom. The van der Waals surface area contributed by atoms with Crippen molar-refractivity contribution in [3.8, 4) is 0 Å². The van der Waals surface area contributed by atoms with Crippen molar-refractivity contribution in [3.05, 3.63) is 93.0 Å². The maximum absolute atomic E-state index is 12.5. The van der Waals surface area contributed by atoms with E-state index < -0.39 is 5.63 Å². The lowest BCUT2D eigenvalue weighted by atomic mass is 9.87. The van der Waals surface area contributed by atoms with Gasteiger partial charge in [-0.15, -0.1) is 0 Å². The number of nitrogens with zero attached hydrogens (tertiary/aromatic N) is 1. The summed E-state index contributed by atoms with van der Waals surface area (Å²) in [6, 6.07) is 17.6. The lowest BCUT2D eigenvalue weighted by Gasteiger charge is -2.22. The fraction of sp³-hybridized carbons (Fsp3) is 0.174. The predicted octanol–water partition coefficient (Wildman–Crippen LogP) is 4.94. The summed E-state index contributed by atoms with van der Waals surface area (Å²) in [5, 5.41) is 7.73. The number of anilines is 2. The first kappa shape index (κ1) is 19.9. The molecule has 0 saturated heterocycles. The van der Waals surface area contributed by atoms with Gasteiger partial charge in [-0.1, -0.05) is 48.9 Å². The molecule has 0 saturated carbocycles. The van der Waals surface area contributed by atoms with Gasteiger partial charge in [0.2, 0.25) is 0 Å². The van der Waals surface area contributed by atoms with Crippen molar-refractivity contribution in [2.45, 2.75) is 19.8 Å². The molecule has 1 aromatic heterocycles. The molecule has 3 aromatic rings. The van der Waals surface area contributed by atoms with E-state index in [9.17, 15) is 9.59 Å². The molecule has 1 aliphatic carbocycles. The summed E-state index contributed by atoms with van der Waals surface area (Å²) in [6.07, 6.45) is 1.33. The third-order valence-corrected chi connectivity index (χ3v) is 5.21. The van der Waals surface area contributed by atoms with E-state index in [1.54, 1.807) is 36.4 Å². The van der Waals surface area contributed by atoms with Gasteiger partial charge >= 0.3 is 5.63 Å². The van der Waals surface area contributed by atoms with E-state index in [2.05, 4.69) is 22.8 Å². The van der Waals surface area contributed by atoms with Crippen molar-refractivity contribution in [1.29, 1.82) is 0 Å². The van der Waals surface area contributed by atoms with Crippen LogP contribution < -0.4 is 16.4 Å². The Morgan fingerprint density at radius 1 is 1.07 bits per heavy atom. The molecular weight excluding hydrogens is 402 g/mol. The number of halogens is 1. The van der Waals surface area contributed by atoms with Gasteiger partial charge in [-0.25, -0.2) is 4.79 Å². The van der Waals surface area contributed by atoms with Crippen LogP contribution in [0.15, 0.2) is 75.0 Å². The minimum Gasteiger partial charge on any atom is -0.426 e. The largest absolute Gasteiger partial charge is 0.426 e. The zero-order chi connectivity index (χ0) is 21.1. The predicted molar refractivity (Wildman–Crippen MR) is 118 cm³/mol. The molecule has 1 aliphatic rings. The van der Waals surface area contributed by atoms with Crippen molar-refractivity contribution in [1.82, 2.24) is 0 Å². The molecule has 7 heteroatoms. The summed E-state index contributed by atoms with van der Waals surface area (Å²) in [7, 11) is 0. The van der Waals surface area contributed by atoms with Crippen LogP contribution in [0.1, 0.15) is 35.0 Å². The Morgan fingerprint density at radius 3 is 2.57 bits per heavy atom. The molecule has 0 bridgehead atoms. The molecule has 6 nitrogen and oxygen atoms in total. The second kappa shape index (κ2) is 8.55. The number of benzene rings is 2. The van der Waals surface area contributed by atoms with Crippen LogP contribution >= 0.6 is 11.6 Å². The number of rotatable bonds is 4. The summed E-state index contributed by atoms with van der Waals surface area (Å²) in [5.74, 6) is 0.452. The van der Waals surface area contributed by atoms with Gasteiger partial charge in [-0.05, 0) is 42.7 Å². The molecule has 0 fully saturated rings. The van der Waals surface area contributed by atoms with Crippen LogP contribution in [-0.4, -0.2) is 11.6 Å².